The zero-order valence-electron chi connectivity index (χ0n) is 15.6. The molecule has 0 radical (unpaired) electrons. The van der Waals surface area contributed by atoms with E-state index < -0.39 is 35.5 Å². The van der Waals surface area contributed by atoms with Gasteiger partial charge in [0.05, 0.1) is 12.5 Å². The van der Waals surface area contributed by atoms with Crippen molar-refractivity contribution in [1.82, 2.24) is 10.3 Å². The summed E-state index contributed by atoms with van der Waals surface area (Å²) in [6, 6.07) is 5.12. The molecule has 0 saturated heterocycles. The number of fused-ring (bicyclic) bond motifs is 1. The number of carbonyl (C=O) groups is 3. The Morgan fingerprint density at radius 2 is 1.93 bits per heavy atom. The first-order valence-electron chi connectivity index (χ1n) is 8.62. The number of benzene rings is 1. The van der Waals surface area contributed by atoms with Gasteiger partial charge in [-0.3, -0.25) is 9.59 Å². The Morgan fingerprint density at radius 3 is 2.56 bits per heavy atom. The molecule has 0 spiro atoms. The molecule has 8 heteroatoms. The molecule has 0 saturated carbocycles. The minimum absolute atomic E-state index is 0.0875. The van der Waals surface area contributed by atoms with Crippen molar-refractivity contribution in [2.75, 3.05) is 0 Å². The van der Waals surface area contributed by atoms with Crippen LogP contribution in [0.25, 0.3) is 10.9 Å². The maximum atomic E-state index is 12.2. The smallest absolute Gasteiger partial charge is 0.326 e. The lowest BCUT2D eigenvalue weighted by Crippen LogP contribution is -2.50. The van der Waals surface area contributed by atoms with Crippen LogP contribution in [0.3, 0.4) is 0 Å². The first kappa shape index (κ1) is 20.4. The van der Waals surface area contributed by atoms with Crippen molar-refractivity contribution in [1.29, 1.82) is 0 Å². The van der Waals surface area contributed by atoms with Gasteiger partial charge in [0.25, 0.3) is 0 Å². The van der Waals surface area contributed by atoms with Crippen molar-refractivity contribution in [3.05, 3.63) is 36.0 Å². The van der Waals surface area contributed by atoms with Gasteiger partial charge in [0.1, 0.15) is 11.6 Å². The number of aliphatic carboxylic acids is 1. The second-order valence-electron chi connectivity index (χ2n) is 7.36. The largest absolute Gasteiger partial charge is 0.480 e. The zero-order chi connectivity index (χ0) is 20.2. The summed E-state index contributed by atoms with van der Waals surface area (Å²) >= 11 is 0. The Labute approximate surface area is 157 Å². The molecule has 8 nitrogen and oxygen atoms in total. The molecule has 0 bridgehead atoms. The minimum Gasteiger partial charge on any atom is -0.480 e. The topological polar surface area (TPSA) is 135 Å². The first-order valence-corrected chi connectivity index (χ1v) is 8.62. The number of H-pyrrole nitrogens is 1. The number of carbonyl (C=O) groups excluding carboxylic acids is 2. The van der Waals surface area contributed by atoms with Crippen LogP contribution in [0.1, 0.15) is 32.8 Å². The lowest BCUT2D eigenvalue weighted by atomic mass is 10.0. The Hall–Kier alpha value is -2.87. The van der Waals surface area contributed by atoms with Crippen LogP contribution < -0.4 is 11.1 Å². The Morgan fingerprint density at radius 1 is 1.26 bits per heavy atom. The van der Waals surface area contributed by atoms with Gasteiger partial charge in [-0.2, -0.15) is 0 Å². The highest BCUT2D eigenvalue weighted by Crippen LogP contribution is 2.19. The molecule has 0 aliphatic carbocycles. The highest BCUT2D eigenvalue weighted by atomic mass is 16.6. The van der Waals surface area contributed by atoms with Crippen LogP contribution in [-0.2, 0) is 25.5 Å². The van der Waals surface area contributed by atoms with Gasteiger partial charge in [-0.25, -0.2) is 4.79 Å². The third-order valence-electron chi connectivity index (χ3n) is 3.86. The summed E-state index contributed by atoms with van der Waals surface area (Å²) in [4.78, 5) is 38.7. The maximum Gasteiger partial charge on any atom is 0.326 e. The fourth-order valence-electron chi connectivity index (χ4n) is 2.65. The number of hydrogen-bond donors (Lipinski definition) is 4. The molecule has 1 aromatic carbocycles. The van der Waals surface area contributed by atoms with Gasteiger partial charge in [-0.15, -0.1) is 0 Å². The molecule has 0 unspecified atom stereocenters. The van der Waals surface area contributed by atoms with Crippen LogP contribution in [0.2, 0.25) is 0 Å². The molecule has 0 fully saturated rings. The van der Waals surface area contributed by atoms with E-state index in [4.69, 9.17) is 10.5 Å². The SMILES string of the molecule is CC(C)(C)OC(=O)C[C@H](N)C(=O)N[C@@H](Cc1c[nH]c2ccccc12)C(=O)O. The summed E-state index contributed by atoms with van der Waals surface area (Å²) in [5, 5.41) is 12.7. The quantitative estimate of drug-likeness (QED) is 0.540. The van der Waals surface area contributed by atoms with E-state index in [9.17, 15) is 19.5 Å². The lowest BCUT2D eigenvalue weighted by Gasteiger charge is -2.21. The van der Waals surface area contributed by atoms with Crippen LogP contribution in [0.15, 0.2) is 30.5 Å². The van der Waals surface area contributed by atoms with Crippen molar-refractivity contribution in [3.63, 3.8) is 0 Å². The molecule has 27 heavy (non-hydrogen) atoms. The van der Waals surface area contributed by atoms with Crippen molar-refractivity contribution in [3.8, 4) is 0 Å². The van der Waals surface area contributed by atoms with Gasteiger partial charge in [0, 0.05) is 23.5 Å². The van der Waals surface area contributed by atoms with Crippen LogP contribution in [0.5, 0.6) is 0 Å². The fourth-order valence-corrected chi connectivity index (χ4v) is 2.65. The number of nitrogens with one attached hydrogen (secondary N) is 2. The molecule has 1 heterocycles. The minimum atomic E-state index is -1.19. The Bertz CT molecular complexity index is 837. The van der Waals surface area contributed by atoms with Gasteiger partial charge in [0.15, 0.2) is 0 Å². The normalized spacial score (nSPS) is 13.8. The van der Waals surface area contributed by atoms with Crippen molar-refractivity contribution < 1.29 is 24.2 Å². The number of carboxylic acids is 1. The number of para-hydroxylation sites is 1. The predicted octanol–water partition coefficient (Wildman–Crippen LogP) is 1.34. The van der Waals surface area contributed by atoms with Crippen LogP contribution in [0, 0.1) is 0 Å². The van der Waals surface area contributed by atoms with Crippen molar-refractivity contribution in [2.45, 2.75) is 51.3 Å². The molecule has 1 aromatic heterocycles. The zero-order valence-corrected chi connectivity index (χ0v) is 15.6. The van der Waals surface area contributed by atoms with E-state index in [2.05, 4.69) is 10.3 Å². The van der Waals surface area contributed by atoms with E-state index in [0.717, 1.165) is 16.5 Å². The fraction of sp³-hybridized carbons (Fsp3) is 0.421. The molecule has 146 valence electrons. The maximum absolute atomic E-state index is 12.2. The summed E-state index contributed by atoms with van der Waals surface area (Å²) < 4.78 is 5.13. The lowest BCUT2D eigenvalue weighted by molar-refractivity contribution is -0.156. The average molecular weight is 375 g/mol. The number of esters is 1. The van der Waals surface area contributed by atoms with Gasteiger partial charge in [0.2, 0.25) is 5.91 Å². The summed E-state index contributed by atoms with van der Waals surface area (Å²) in [7, 11) is 0. The molecule has 0 aliphatic rings. The van der Waals surface area contributed by atoms with Crippen LogP contribution in [0.4, 0.5) is 0 Å². The van der Waals surface area contributed by atoms with E-state index in [1.807, 2.05) is 24.3 Å². The van der Waals surface area contributed by atoms with Gasteiger partial charge < -0.3 is 25.9 Å². The highest BCUT2D eigenvalue weighted by molar-refractivity contribution is 5.90. The standard InChI is InChI=1S/C19H25N3O5/c1-19(2,3)27-16(23)9-13(20)17(24)22-15(18(25)26)8-11-10-21-14-7-5-4-6-12(11)14/h4-7,10,13,15,21H,8-9,20H2,1-3H3,(H,22,24)(H,25,26)/t13-,15-/m0/s1. The van der Waals surface area contributed by atoms with Crippen molar-refractivity contribution in [2.24, 2.45) is 5.73 Å². The number of nitrogens with two attached hydrogens (primary N) is 1. The van der Waals surface area contributed by atoms with Crippen LogP contribution in [-0.4, -0.2) is 45.6 Å². The third kappa shape index (κ3) is 5.82. The number of aromatic nitrogens is 1. The van der Waals surface area contributed by atoms with E-state index in [1.54, 1.807) is 27.0 Å². The molecular formula is C19H25N3O5. The van der Waals surface area contributed by atoms with Crippen LogP contribution >= 0.6 is 0 Å². The van der Waals surface area contributed by atoms with E-state index in [-0.39, 0.29) is 12.8 Å². The summed E-state index contributed by atoms with van der Waals surface area (Å²) in [6.07, 6.45) is 1.47. The number of hydrogen-bond acceptors (Lipinski definition) is 5. The second kappa shape index (κ2) is 8.22. The highest BCUT2D eigenvalue weighted by Gasteiger charge is 2.27. The first-order chi connectivity index (χ1) is 12.6. The molecule has 2 rings (SSSR count). The summed E-state index contributed by atoms with van der Waals surface area (Å²) in [5.41, 5.74) is 6.69. The van der Waals surface area contributed by atoms with Crippen molar-refractivity contribution >= 4 is 28.7 Å². The molecule has 0 aliphatic heterocycles. The molecule has 2 atom stereocenters. The Kier molecular flexibility index (Phi) is 6.22. The number of rotatable bonds is 7. The van der Waals surface area contributed by atoms with Gasteiger partial charge in [-0.1, -0.05) is 18.2 Å². The second-order valence-corrected chi connectivity index (χ2v) is 7.36. The number of aromatic amines is 1. The number of amides is 1. The average Bonchev–Trinajstić information content (AvgIpc) is 2.95. The molecule has 2 aromatic rings. The number of carboxylic acid groups (broad SMARTS) is 1. The molecule has 5 N–H and O–H groups in total. The van der Waals surface area contributed by atoms with Gasteiger partial charge in [-0.05, 0) is 32.4 Å². The molecule has 1 amide bonds. The third-order valence-corrected chi connectivity index (χ3v) is 3.86. The van der Waals surface area contributed by atoms with E-state index >= 15 is 0 Å². The summed E-state index contributed by atoms with van der Waals surface area (Å²) in [6.45, 7) is 5.12. The molecular weight excluding hydrogens is 350 g/mol. The van der Waals surface area contributed by atoms with Gasteiger partial charge >= 0.3 is 11.9 Å². The van der Waals surface area contributed by atoms with E-state index in [1.165, 1.54) is 0 Å². The number of ether oxygens (including phenoxy) is 1. The monoisotopic (exact) mass is 375 g/mol. The predicted molar refractivity (Wildman–Crippen MR) is 100 cm³/mol. The van der Waals surface area contributed by atoms with E-state index in [0.29, 0.717) is 0 Å². The summed E-state index contributed by atoms with van der Waals surface area (Å²) in [5.74, 6) is -2.51. The Balaban J connectivity index is 2.02.